The van der Waals surface area contributed by atoms with Gasteiger partial charge in [-0.05, 0) is 12.5 Å². The standard InChI is InChI=1S/C18H25N5O2/c1-12-20-16(23-22-12)15(13-8-6-5-7-9-13)21-14(24)10-11-19-17(25)18(2,3)4/h5-9,15H,10-11H2,1-4H3,(H,19,25)(H,21,24)(H,20,22,23). The highest BCUT2D eigenvalue weighted by Gasteiger charge is 2.22. The number of amides is 2. The molecule has 7 nitrogen and oxygen atoms in total. The number of aromatic amines is 1. The number of hydrogen-bond donors (Lipinski definition) is 3. The first-order valence-corrected chi connectivity index (χ1v) is 8.29. The van der Waals surface area contributed by atoms with Crippen molar-refractivity contribution in [3.05, 3.63) is 47.5 Å². The molecule has 7 heteroatoms. The van der Waals surface area contributed by atoms with E-state index in [1.54, 1.807) is 0 Å². The van der Waals surface area contributed by atoms with E-state index in [2.05, 4.69) is 25.8 Å². The Morgan fingerprint density at radius 1 is 1.20 bits per heavy atom. The van der Waals surface area contributed by atoms with Gasteiger partial charge in [0.15, 0.2) is 5.82 Å². The van der Waals surface area contributed by atoms with E-state index < -0.39 is 11.5 Å². The van der Waals surface area contributed by atoms with Crippen molar-refractivity contribution in [1.82, 2.24) is 25.8 Å². The van der Waals surface area contributed by atoms with Gasteiger partial charge in [0.05, 0.1) is 0 Å². The summed E-state index contributed by atoms with van der Waals surface area (Å²) in [5.41, 5.74) is 0.424. The summed E-state index contributed by atoms with van der Waals surface area (Å²) in [6.07, 6.45) is 0.189. The van der Waals surface area contributed by atoms with Gasteiger partial charge in [0.1, 0.15) is 11.9 Å². The Morgan fingerprint density at radius 3 is 2.44 bits per heavy atom. The van der Waals surface area contributed by atoms with Crippen LogP contribution in [0.3, 0.4) is 0 Å². The number of rotatable bonds is 6. The minimum atomic E-state index is -0.473. The number of aryl methyl sites for hydroxylation is 1. The average Bonchev–Trinajstić information content (AvgIpc) is 2.98. The minimum absolute atomic E-state index is 0.0792. The van der Waals surface area contributed by atoms with Crippen molar-refractivity contribution >= 4 is 11.8 Å². The van der Waals surface area contributed by atoms with Gasteiger partial charge < -0.3 is 10.6 Å². The van der Waals surface area contributed by atoms with Gasteiger partial charge in [-0.15, -0.1) is 0 Å². The third-order valence-corrected chi connectivity index (χ3v) is 3.63. The maximum Gasteiger partial charge on any atom is 0.225 e. The number of benzene rings is 1. The second-order valence-electron chi connectivity index (χ2n) is 6.95. The summed E-state index contributed by atoms with van der Waals surface area (Å²) in [6, 6.07) is 9.11. The van der Waals surface area contributed by atoms with Crippen LogP contribution in [-0.4, -0.2) is 33.5 Å². The molecule has 1 atom stereocenters. The Labute approximate surface area is 147 Å². The first kappa shape index (κ1) is 18.6. The molecule has 0 radical (unpaired) electrons. The van der Waals surface area contributed by atoms with Crippen LogP contribution in [0.1, 0.15) is 50.4 Å². The zero-order chi connectivity index (χ0) is 18.4. The Kier molecular flexibility index (Phi) is 5.90. The third-order valence-electron chi connectivity index (χ3n) is 3.63. The summed E-state index contributed by atoms with van der Waals surface area (Å²) in [7, 11) is 0. The fraction of sp³-hybridized carbons (Fsp3) is 0.444. The molecule has 0 saturated carbocycles. The highest BCUT2D eigenvalue weighted by Crippen LogP contribution is 2.19. The summed E-state index contributed by atoms with van der Waals surface area (Å²) < 4.78 is 0. The molecule has 2 amide bonds. The predicted molar refractivity (Wildman–Crippen MR) is 94.6 cm³/mol. The number of aromatic nitrogens is 3. The van der Waals surface area contributed by atoms with E-state index in [-0.39, 0.29) is 24.8 Å². The van der Waals surface area contributed by atoms with Gasteiger partial charge in [0.2, 0.25) is 11.8 Å². The average molecular weight is 343 g/mol. The van der Waals surface area contributed by atoms with Crippen molar-refractivity contribution in [3.8, 4) is 0 Å². The molecule has 0 bridgehead atoms. The second kappa shape index (κ2) is 7.92. The zero-order valence-electron chi connectivity index (χ0n) is 15.1. The van der Waals surface area contributed by atoms with Gasteiger partial charge in [-0.2, -0.15) is 5.10 Å². The summed E-state index contributed by atoms with van der Waals surface area (Å²) in [5, 5.41) is 12.7. The molecule has 1 aromatic carbocycles. The third kappa shape index (κ3) is 5.41. The van der Waals surface area contributed by atoms with Gasteiger partial charge in [-0.1, -0.05) is 51.1 Å². The Balaban J connectivity index is 2.00. The Bertz CT molecular complexity index is 719. The quantitative estimate of drug-likeness (QED) is 0.745. The van der Waals surface area contributed by atoms with E-state index in [1.807, 2.05) is 58.0 Å². The summed E-state index contributed by atoms with van der Waals surface area (Å²) in [5.74, 6) is 0.938. The molecule has 134 valence electrons. The summed E-state index contributed by atoms with van der Waals surface area (Å²) >= 11 is 0. The number of carbonyl (C=O) groups is 2. The molecule has 2 aromatic rings. The summed E-state index contributed by atoms with van der Waals surface area (Å²) in [6.45, 7) is 7.59. The molecule has 0 spiro atoms. The number of nitrogens with zero attached hydrogens (tertiary/aromatic N) is 2. The van der Waals surface area contributed by atoms with E-state index in [9.17, 15) is 9.59 Å². The molecule has 0 aliphatic rings. The van der Waals surface area contributed by atoms with Crippen LogP contribution < -0.4 is 10.6 Å². The smallest absolute Gasteiger partial charge is 0.225 e. The van der Waals surface area contributed by atoms with Crippen LogP contribution in [0.5, 0.6) is 0 Å². The van der Waals surface area contributed by atoms with Crippen molar-refractivity contribution in [2.45, 2.75) is 40.2 Å². The van der Waals surface area contributed by atoms with Crippen LogP contribution in [0.15, 0.2) is 30.3 Å². The Morgan fingerprint density at radius 2 is 1.88 bits per heavy atom. The van der Waals surface area contributed by atoms with E-state index >= 15 is 0 Å². The van der Waals surface area contributed by atoms with Crippen LogP contribution in [0, 0.1) is 12.3 Å². The molecule has 25 heavy (non-hydrogen) atoms. The zero-order valence-corrected chi connectivity index (χ0v) is 15.1. The van der Waals surface area contributed by atoms with Gasteiger partial charge in [-0.25, -0.2) is 4.98 Å². The maximum absolute atomic E-state index is 12.3. The number of H-pyrrole nitrogens is 1. The molecular weight excluding hydrogens is 318 g/mol. The summed E-state index contributed by atoms with van der Waals surface area (Å²) in [4.78, 5) is 28.5. The van der Waals surface area contributed by atoms with Crippen LogP contribution in [0.2, 0.25) is 0 Å². The molecule has 0 aliphatic carbocycles. The van der Waals surface area contributed by atoms with Crippen molar-refractivity contribution in [2.75, 3.05) is 6.54 Å². The monoisotopic (exact) mass is 343 g/mol. The lowest BCUT2D eigenvalue weighted by Crippen LogP contribution is -2.38. The first-order chi connectivity index (χ1) is 11.8. The van der Waals surface area contributed by atoms with E-state index in [1.165, 1.54) is 0 Å². The van der Waals surface area contributed by atoms with Crippen LogP contribution >= 0.6 is 0 Å². The number of nitrogens with one attached hydrogen (secondary N) is 3. The second-order valence-corrected chi connectivity index (χ2v) is 6.95. The highest BCUT2D eigenvalue weighted by atomic mass is 16.2. The fourth-order valence-corrected chi connectivity index (χ4v) is 2.22. The molecule has 1 heterocycles. The Hall–Kier alpha value is -2.70. The van der Waals surface area contributed by atoms with Crippen molar-refractivity contribution in [1.29, 1.82) is 0 Å². The van der Waals surface area contributed by atoms with Gasteiger partial charge in [0, 0.05) is 18.4 Å². The lowest BCUT2D eigenvalue weighted by Gasteiger charge is -2.19. The predicted octanol–water partition coefficient (Wildman–Crippen LogP) is 1.87. The number of hydrogen-bond acceptors (Lipinski definition) is 4. The molecule has 1 aromatic heterocycles. The lowest BCUT2D eigenvalue weighted by molar-refractivity contribution is -0.128. The molecule has 0 fully saturated rings. The molecular formula is C18H25N5O2. The SMILES string of the molecule is Cc1nc(C(NC(=O)CCNC(=O)C(C)(C)C)c2ccccc2)n[nH]1. The van der Waals surface area contributed by atoms with E-state index in [4.69, 9.17) is 0 Å². The molecule has 2 rings (SSSR count). The van der Waals surface area contributed by atoms with E-state index in [0.29, 0.717) is 11.6 Å². The largest absolute Gasteiger partial charge is 0.355 e. The van der Waals surface area contributed by atoms with Crippen molar-refractivity contribution in [3.63, 3.8) is 0 Å². The van der Waals surface area contributed by atoms with Gasteiger partial charge in [-0.3, -0.25) is 14.7 Å². The highest BCUT2D eigenvalue weighted by molar-refractivity contribution is 5.82. The van der Waals surface area contributed by atoms with Crippen LogP contribution in [0.4, 0.5) is 0 Å². The van der Waals surface area contributed by atoms with Crippen LogP contribution in [0.25, 0.3) is 0 Å². The lowest BCUT2D eigenvalue weighted by atomic mass is 9.96. The van der Waals surface area contributed by atoms with Gasteiger partial charge in [0.25, 0.3) is 0 Å². The minimum Gasteiger partial charge on any atom is -0.355 e. The van der Waals surface area contributed by atoms with Crippen molar-refractivity contribution in [2.24, 2.45) is 5.41 Å². The normalized spacial score (nSPS) is 12.5. The van der Waals surface area contributed by atoms with Crippen molar-refractivity contribution < 1.29 is 9.59 Å². The molecule has 0 aliphatic heterocycles. The topological polar surface area (TPSA) is 99.8 Å². The van der Waals surface area contributed by atoms with Crippen LogP contribution in [-0.2, 0) is 9.59 Å². The first-order valence-electron chi connectivity index (χ1n) is 8.29. The molecule has 3 N–H and O–H groups in total. The molecule has 1 unspecified atom stereocenters. The fourth-order valence-electron chi connectivity index (χ4n) is 2.22. The molecule has 0 saturated heterocycles. The maximum atomic E-state index is 12.3. The van der Waals surface area contributed by atoms with E-state index in [0.717, 1.165) is 5.56 Å². The number of carbonyl (C=O) groups excluding carboxylic acids is 2. The van der Waals surface area contributed by atoms with Gasteiger partial charge >= 0.3 is 0 Å².